The van der Waals surface area contributed by atoms with Crippen LogP contribution in [0.1, 0.15) is 37.8 Å². The minimum Gasteiger partial charge on any atom is -0.361 e. The summed E-state index contributed by atoms with van der Waals surface area (Å²) in [4.78, 5) is 21.9. The smallest absolute Gasteiger partial charge is 0.222 e. The molecule has 154 valence electrons. The van der Waals surface area contributed by atoms with Crippen molar-refractivity contribution in [3.05, 3.63) is 35.5 Å². The first-order valence-corrected chi connectivity index (χ1v) is 10.0. The molecule has 1 amide bonds. The lowest BCUT2D eigenvalue weighted by Gasteiger charge is -2.18. The molecule has 28 heavy (non-hydrogen) atoms. The van der Waals surface area contributed by atoms with Crippen molar-refractivity contribution in [3.8, 4) is 0 Å². The van der Waals surface area contributed by atoms with Crippen molar-refractivity contribution in [2.24, 2.45) is 4.99 Å². The highest BCUT2D eigenvalue weighted by Gasteiger charge is 2.25. The number of fused-ring (bicyclic) bond motifs is 1. The molecule has 0 aliphatic carbocycles. The Morgan fingerprint density at radius 3 is 2.93 bits per heavy atom. The Morgan fingerprint density at radius 1 is 1.36 bits per heavy atom. The van der Waals surface area contributed by atoms with Crippen LogP contribution >= 0.6 is 24.0 Å². The first kappa shape index (κ1) is 22.5. The maximum absolute atomic E-state index is 11.9. The van der Waals surface area contributed by atoms with Gasteiger partial charge in [0.2, 0.25) is 5.91 Å². The molecule has 1 aromatic heterocycles. The van der Waals surface area contributed by atoms with Crippen LogP contribution in [0, 0.1) is 6.92 Å². The number of hydrogen-bond acceptors (Lipinski definition) is 2. The summed E-state index contributed by atoms with van der Waals surface area (Å²) < 4.78 is 0. The van der Waals surface area contributed by atoms with Gasteiger partial charge in [0.1, 0.15) is 0 Å². The second-order valence-electron chi connectivity index (χ2n) is 7.15. The molecule has 1 aromatic carbocycles. The van der Waals surface area contributed by atoms with Crippen LogP contribution in [-0.2, 0) is 11.2 Å². The number of rotatable bonds is 6. The predicted molar refractivity (Wildman–Crippen MR) is 127 cm³/mol. The van der Waals surface area contributed by atoms with Gasteiger partial charge in [-0.05, 0) is 37.8 Å². The van der Waals surface area contributed by atoms with Crippen molar-refractivity contribution < 1.29 is 4.79 Å². The summed E-state index contributed by atoms with van der Waals surface area (Å²) in [6, 6.07) is 6.67. The number of carbonyl (C=O) groups excluding carboxylic acids is 1. The highest BCUT2D eigenvalue weighted by Crippen LogP contribution is 2.21. The van der Waals surface area contributed by atoms with Crippen molar-refractivity contribution in [2.75, 3.05) is 26.2 Å². The number of amides is 1. The molecule has 0 radical (unpaired) electrons. The van der Waals surface area contributed by atoms with Crippen LogP contribution in [0.2, 0.25) is 0 Å². The fraction of sp³-hybridized carbons (Fsp3) is 0.524. The number of aryl methyl sites for hydroxylation is 1. The Hall–Kier alpha value is -1.77. The molecule has 2 aromatic rings. The van der Waals surface area contributed by atoms with Crippen molar-refractivity contribution >= 4 is 46.7 Å². The molecule has 3 N–H and O–H groups in total. The summed E-state index contributed by atoms with van der Waals surface area (Å²) in [5.74, 6) is 1.07. The summed E-state index contributed by atoms with van der Waals surface area (Å²) in [5, 5.41) is 8.10. The van der Waals surface area contributed by atoms with E-state index in [9.17, 15) is 4.79 Å². The number of nitrogens with zero attached hydrogens (tertiary/aromatic N) is 2. The number of likely N-dealkylation sites (tertiary alicyclic amines) is 1. The molecule has 0 bridgehead atoms. The molecule has 6 nitrogen and oxygen atoms in total. The van der Waals surface area contributed by atoms with E-state index in [1.807, 2.05) is 11.8 Å². The van der Waals surface area contributed by atoms with Crippen molar-refractivity contribution in [1.82, 2.24) is 20.5 Å². The van der Waals surface area contributed by atoms with E-state index in [4.69, 9.17) is 4.99 Å². The lowest BCUT2D eigenvalue weighted by Crippen LogP contribution is -2.45. The zero-order chi connectivity index (χ0) is 19.2. The van der Waals surface area contributed by atoms with E-state index >= 15 is 0 Å². The number of aromatic nitrogens is 1. The molecule has 1 saturated heterocycles. The highest BCUT2D eigenvalue weighted by atomic mass is 127. The third kappa shape index (κ3) is 5.40. The van der Waals surface area contributed by atoms with Gasteiger partial charge in [0.05, 0.1) is 0 Å². The molecule has 2 heterocycles. The molecule has 0 saturated carbocycles. The molecular formula is C21H32IN5O. The second kappa shape index (κ2) is 10.7. The third-order valence-corrected chi connectivity index (χ3v) is 5.19. The van der Waals surface area contributed by atoms with Crippen LogP contribution in [-0.4, -0.2) is 54.0 Å². The van der Waals surface area contributed by atoms with E-state index in [2.05, 4.69) is 53.9 Å². The minimum absolute atomic E-state index is 0. The van der Waals surface area contributed by atoms with Crippen LogP contribution < -0.4 is 10.6 Å². The third-order valence-electron chi connectivity index (χ3n) is 5.19. The van der Waals surface area contributed by atoms with E-state index in [0.29, 0.717) is 6.42 Å². The Labute approximate surface area is 184 Å². The van der Waals surface area contributed by atoms with E-state index < -0.39 is 0 Å². The van der Waals surface area contributed by atoms with Crippen molar-refractivity contribution in [3.63, 3.8) is 0 Å². The zero-order valence-corrected chi connectivity index (χ0v) is 19.4. The molecule has 1 aliphatic rings. The largest absolute Gasteiger partial charge is 0.361 e. The number of guanidine groups is 1. The fourth-order valence-corrected chi connectivity index (χ4v) is 3.70. The Kier molecular flexibility index (Phi) is 8.59. The van der Waals surface area contributed by atoms with Gasteiger partial charge in [0, 0.05) is 55.7 Å². The second-order valence-corrected chi connectivity index (χ2v) is 7.15. The summed E-state index contributed by atoms with van der Waals surface area (Å²) in [6.07, 6.45) is 4.53. The first-order chi connectivity index (χ1) is 13.1. The minimum atomic E-state index is 0. The topological polar surface area (TPSA) is 72.5 Å². The summed E-state index contributed by atoms with van der Waals surface area (Å²) in [7, 11) is 0. The Bertz CT molecular complexity index is 816. The van der Waals surface area contributed by atoms with Gasteiger partial charge in [0.15, 0.2) is 5.96 Å². The van der Waals surface area contributed by atoms with Crippen LogP contribution in [0.15, 0.2) is 29.4 Å². The highest BCUT2D eigenvalue weighted by molar-refractivity contribution is 14.0. The average molecular weight is 497 g/mol. The number of hydrogen-bond donors (Lipinski definition) is 3. The van der Waals surface area contributed by atoms with Crippen molar-refractivity contribution in [2.45, 2.75) is 46.1 Å². The number of H-pyrrole nitrogens is 1. The number of aliphatic imine (C=N–C) groups is 1. The first-order valence-electron chi connectivity index (χ1n) is 10.0. The van der Waals surface area contributed by atoms with E-state index in [0.717, 1.165) is 45.0 Å². The van der Waals surface area contributed by atoms with Crippen LogP contribution in [0.4, 0.5) is 0 Å². The Balaban J connectivity index is 0.00000280. The molecular weight excluding hydrogens is 465 g/mol. The number of aromatic amines is 1. The van der Waals surface area contributed by atoms with Crippen LogP contribution in [0.25, 0.3) is 10.9 Å². The monoisotopic (exact) mass is 497 g/mol. The standard InChI is InChI=1S/C21H31N5O.HI/c1-4-19(27)26-12-10-17(14-26)25-21(22-5-2)23-11-9-16-13-24-20-15(3)7-6-8-18(16)20;/h6-8,13,17,24H,4-5,9-12,14H2,1-3H3,(H2,22,23,25);1H. The average Bonchev–Trinajstić information content (AvgIpc) is 3.29. The van der Waals surface area contributed by atoms with E-state index in [-0.39, 0.29) is 35.9 Å². The van der Waals surface area contributed by atoms with Gasteiger partial charge in [-0.2, -0.15) is 0 Å². The van der Waals surface area contributed by atoms with E-state index in [1.54, 1.807) is 0 Å². The van der Waals surface area contributed by atoms with E-state index in [1.165, 1.54) is 22.0 Å². The normalized spacial score (nSPS) is 16.9. The summed E-state index contributed by atoms with van der Waals surface area (Å²) in [5.41, 5.74) is 3.78. The number of halogens is 1. The lowest BCUT2D eigenvalue weighted by molar-refractivity contribution is -0.129. The predicted octanol–water partition coefficient (Wildman–Crippen LogP) is 3.20. The summed E-state index contributed by atoms with van der Waals surface area (Å²) in [6.45, 7) is 9.25. The van der Waals surface area contributed by atoms with Gasteiger partial charge in [-0.15, -0.1) is 24.0 Å². The van der Waals surface area contributed by atoms with Crippen LogP contribution in [0.3, 0.4) is 0 Å². The molecule has 1 fully saturated rings. The maximum atomic E-state index is 11.9. The maximum Gasteiger partial charge on any atom is 0.222 e. The zero-order valence-electron chi connectivity index (χ0n) is 17.0. The molecule has 1 aliphatic heterocycles. The summed E-state index contributed by atoms with van der Waals surface area (Å²) >= 11 is 0. The number of para-hydroxylation sites is 1. The molecule has 7 heteroatoms. The van der Waals surface area contributed by atoms with Gasteiger partial charge >= 0.3 is 0 Å². The SMILES string of the molecule is CCNC(=NCCc1c[nH]c2c(C)cccc12)NC1CCN(C(=O)CC)C1.I. The van der Waals surface area contributed by atoms with Gasteiger partial charge in [-0.1, -0.05) is 25.1 Å². The van der Waals surface area contributed by atoms with Gasteiger partial charge < -0.3 is 20.5 Å². The number of carbonyl (C=O) groups is 1. The van der Waals surface area contributed by atoms with Crippen LogP contribution in [0.5, 0.6) is 0 Å². The quantitative estimate of drug-likeness (QED) is 0.326. The van der Waals surface area contributed by atoms with Gasteiger partial charge in [-0.3, -0.25) is 9.79 Å². The molecule has 0 spiro atoms. The number of nitrogens with one attached hydrogen (secondary N) is 3. The Morgan fingerprint density at radius 2 is 2.18 bits per heavy atom. The molecule has 1 atom stereocenters. The van der Waals surface area contributed by atoms with Gasteiger partial charge in [-0.25, -0.2) is 0 Å². The molecule has 3 rings (SSSR count). The van der Waals surface area contributed by atoms with Crippen molar-refractivity contribution in [1.29, 1.82) is 0 Å². The number of benzene rings is 1. The lowest BCUT2D eigenvalue weighted by atomic mass is 10.1. The molecule has 1 unspecified atom stereocenters. The van der Waals surface area contributed by atoms with Gasteiger partial charge in [0.25, 0.3) is 0 Å². The fourth-order valence-electron chi connectivity index (χ4n) is 3.70.